The van der Waals surface area contributed by atoms with Gasteiger partial charge in [0.25, 0.3) is 6.43 Å². The Morgan fingerprint density at radius 2 is 2.36 bits per heavy atom. The third-order valence-electron chi connectivity index (χ3n) is 1.61. The lowest BCUT2D eigenvalue weighted by Gasteiger charge is -2.02. The molecule has 7 heteroatoms. The van der Waals surface area contributed by atoms with Crippen LogP contribution >= 0.6 is 0 Å². The van der Waals surface area contributed by atoms with Crippen molar-refractivity contribution in [1.29, 1.82) is 0 Å². The number of rotatable bonds is 6. The van der Waals surface area contributed by atoms with Crippen molar-refractivity contribution in [3.05, 3.63) is 11.9 Å². The van der Waals surface area contributed by atoms with E-state index in [1.54, 1.807) is 10.9 Å². The fourth-order valence-corrected chi connectivity index (χ4v) is 0.946. The highest BCUT2D eigenvalue weighted by Crippen LogP contribution is 1.90. The summed E-state index contributed by atoms with van der Waals surface area (Å²) in [5, 5.41) is 10.1. The highest BCUT2D eigenvalue weighted by atomic mass is 19.3. The maximum absolute atomic E-state index is 11.7. The molecule has 0 saturated carbocycles. The lowest BCUT2D eigenvalue weighted by Crippen LogP contribution is -2.25. The van der Waals surface area contributed by atoms with E-state index in [9.17, 15) is 8.78 Å². The molecule has 1 aromatic heterocycles. The van der Waals surface area contributed by atoms with Gasteiger partial charge in [-0.25, -0.2) is 8.78 Å². The molecule has 0 aliphatic rings. The van der Waals surface area contributed by atoms with E-state index in [2.05, 4.69) is 15.6 Å². The van der Waals surface area contributed by atoms with Crippen LogP contribution in [0.5, 0.6) is 0 Å². The molecule has 0 unspecified atom stereocenters. The first-order valence-electron chi connectivity index (χ1n) is 4.30. The van der Waals surface area contributed by atoms with Crippen molar-refractivity contribution >= 4 is 0 Å². The highest BCUT2D eigenvalue weighted by Gasteiger charge is 2.01. The van der Waals surface area contributed by atoms with Crippen LogP contribution in [0, 0.1) is 0 Å². The molecule has 1 aromatic rings. The molecule has 0 saturated heterocycles. The largest absolute Gasteiger partial charge is 0.325 e. The number of hydrogen-bond acceptors (Lipinski definition) is 4. The predicted molar refractivity (Wildman–Crippen MR) is 46.8 cm³/mol. The minimum Gasteiger partial charge on any atom is -0.325 e. The van der Waals surface area contributed by atoms with E-state index in [1.165, 1.54) is 0 Å². The summed E-state index contributed by atoms with van der Waals surface area (Å²) < 4.78 is 25.0. The van der Waals surface area contributed by atoms with Crippen molar-refractivity contribution in [2.45, 2.75) is 19.5 Å². The van der Waals surface area contributed by atoms with Crippen molar-refractivity contribution in [3.8, 4) is 0 Å². The molecule has 5 nitrogen and oxygen atoms in total. The predicted octanol–water partition coefficient (Wildman–Crippen LogP) is -0.409. The van der Waals surface area contributed by atoms with E-state index >= 15 is 0 Å². The third-order valence-corrected chi connectivity index (χ3v) is 1.61. The van der Waals surface area contributed by atoms with Crippen LogP contribution in [0.2, 0.25) is 0 Å². The Labute approximate surface area is 80.3 Å². The van der Waals surface area contributed by atoms with Gasteiger partial charge in [-0.05, 0) is 0 Å². The molecule has 1 rings (SSSR count). The van der Waals surface area contributed by atoms with E-state index < -0.39 is 6.43 Å². The standard InChI is InChI=1S/C7H13F2N5/c8-7(9)4-11-1-2-14-5-6(3-10)12-13-14/h5,7,11H,1-4,10H2. The van der Waals surface area contributed by atoms with Crippen molar-refractivity contribution < 1.29 is 8.78 Å². The summed E-state index contributed by atoms with van der Waals surface area (Å²) >= 11 is 0. The van der Waals surface area contributed by atoms with Crippen molar-refractivity contribution in [2.24, 2.45) is 5.73 Å². The van der Waals surface area contributed by atoms with Gasteiger partial charge in [0.2, 0.25) is 0 Å². The third kappa shape index (κ3) is 3.75. The monoisotopic (exact) mass is 205 g/mol. The number of aromatic nitrogens is 3. The molecule has 0 aromatic carbocycles. The summed E-state index contributed by atoms with van der Waals surface area (Å²) in [5.74, 6) is 0. The van der Waals surface area contributed by atoms with Crippen LogP contribution in [-0.4, -0.2) is 34.5 Å². The average Bonchev–Trinajstić information content (AvgIpc) is 2.60. The number of alkyl halides is 2. The molecule has 0 aliphatic heterocycles. The number of nitrogens with zero attached hydrogens (tertiary/aromatic N) is 3. The number of nitrogens with one attached hydrogen (secondary N) is 1. The first kappa shape index (κ1) is 11.0. The van der Waals surface area contributed by atoms with Gasteiger partial charge in [0.05, 0.1) is 18.8 Å². The van der Waals surface area contributed by atoms with E-state index in [0.29, 0.717) is 25.3 Å². The minimum absolute atomic E-state index is 0.293. The van der Waals surface area contributed by atoms with Crippen molar-refractivity contribution in [2.75, 3.05) is 13.1 Å². The van der Waals surface area contributed by atoms with Crippen LogP contribution in [0.25, 0.3) is 0 Å². The topological polar surface area (TPSA) is 68.8 Å². The fraction of sp³-hybridized carbons (Fsp3) is 0.714. The van der Waals surface area contributed by atoms with Crippen LogP contribution in [0.1, 0.15) is 5.69 Å². The Kier molecular flexibility index (Phi) is 4.41. The molecule has 3 N–H and O–H groups in total. The minimum atomic E-state index is -2.31. The first-order valence-corrected chi connectivity index (χ1v) is 4.30. The molecule has 0 atom stereocenters. The second-order valence-corrected chi connectivity index (χ2v) is 2.77. The van der Waals surface area contributed by atoms with Gasteiger partial charge >= 0.3 is 0 Å². The van der Waals surface area contributed by atoms with Gasteiger partial charge in [0.15, 0.2) is 0 Å². The molecule has 0 bridgehead atoms. The molecule has 14 heavy (non-hydrogen) atoms. The molecule has 0 radical (unpaired) electrons. The summed E-state index contributed by atoms with van der Waals surface area (Å²) in [7, 11) is 0. The number of nitrogens with two attached hydrogens (primary N) is 1. The van der Waals surface area contributed by atoms with Gasteiger partial charge in [-0.1, -0.05) is 5.21 Å². The van der Waals surface area contributed by atoms with Crippen LogP contribution in [-0.2, 0) is 13.1 Å². The lowest BCUT2D eigenvalue weighted by molar-refractivity contribution is 0.145. The Bertz CT molecular complexity index is 262. The van der Waals surface area contributed by atoms with Crippen LogP contribution < -0.4 is 11.1 Å². The quantitative estimate of drug-likeness (QED) is 0.619. The molecular formula is C7H13F2N5. The maximum atomic E-state index is 11.7. The van der Waals surface area contributed by atoms with E-state index in [1.807, 2.05) is 0 Å². The Morgan fingerprint density at radius 3 is 2.93 bits per heavy atom. The number of halogens is 2. The molecule has 0 spiro atoms. The maximum Gasteiger partial charge on any atom is 0.250 e. The summed E-state index contributed by atoms with van der Waals surface area (Å²) in [6.45, 7) is 1.00. The van der Waals surface area contributed by atoms with Crippen LogP contribution in [0.15, 0.2) is 6.20 Å². The van der Waals surface area contributed by atoms with Gasteiger partial charge in [0, 0.05) is 19.3 Å². The molecule has 80 valence electrons. The van der Waals surface area contributed by atoms with Gasteiger partial charge in [0.1, 0.15) is 0 Å². The van der Waals surface area contributed by atoms with E-state index in [4.69, 9.17) is 5.73 Å². The zero-order chi connectivity index (χ0) is 10.4. The fourth-order valence-electron chi connectivity index (χ4n) is 0.946. The average molecular weight is 205 g/mol. The second kappa shape index (κ2) is 5.61. The normalized spacial score (nSPS) is 11.1. The Morgan fingerprint density at radius 1 is 1.57 bits per heavy atom. The molecular weight excluding hydrogens is 192 g/mol. The van der Waals surface area contributed by atoms with Crippen molar-refractivity contribution in [3.63, 3.8) is 0 Å². The van der Waals surface area contributed by atoms with Gasteiger partial charge < -0.3 is 11.1 Å². The van der Waals surface area contributed by atoms with Crippen LogP contribution in [0.4, 0.5) is 8.78 Å². The molecule has 0 fully saturated rings. The molecule has 1 heterocycles. The zero-order valence-electron chi connectivity index (χ0n) is 7.66. The van der Waals surface area contributed by atoms with Gasteiger partial charge in [-0.15, -0.1) is 5.10 Å². The first-order chi connectivity index (χ1) is 6.72. The summed E-state index contributed by atoms with van der Waals surface area (Å²) in [6, 6.07) is 0. The Balaban J connectivity index is 2.18. The SMILES string of the molecule is NCc1cn(CCNCC(F)F)nn1. The van der Waals surface area contributed by atoms with E-state index in [-0.39, 0.29) is 6.54 Å². The van der Waals surface area contributed by atoms with Crippen molar-refractivity contribution in [1.82, 2.24) is 20.3 Å². The molecule has 0 amide bonds. The van der Waals surface area contributed by atoms with Crippen LogP contribution in [0.3, 0.4) is 0 Å². The Hall–Kier alpha value is -1.08. The second-order valence-electron chi connectivity index (χ2n) is 2.77. The highest BCUT2D eigenvalue weighted by molar-refractivity contribution is 4.90. The summed E-state index contributed by atoms with van der Waals surface area (Å²) in [4.78, 5) is 0. The van der Waals surface area contributed by atoms with Gasteiger partial charge in [-0.2, -0.15) is 0 Å². The zero-order valence-corrected chi connectivity index (χ0v) is 7.66. The number of hydrogen-bond donors (Lipinski definition) is 2. The lowest BCUT2D eigenvalue weighted by atomic mass is 10.5. The van der Waals surface area contributed by atoms with Gasteiger partial charge in [-0.3, -0.25) is 4.68 Å². The summed E-state index contributed by atoms with van der Waals surface area (Å²) in [6.07, 6.45) is -0.616. The summed E-state index contributed by atoms with van der Waals surface area (Å²) in [5.41, 5.74) is 6.02. The molecule has 0 aliphatic carbocycles. The van der Waals surface area contributed by atoms with E-state index in [0.717, 1.165) is 0 Å². The smallest absolute Gasteiger partial charge is 0.250 e.